The fourth-order valence-corrected chi connectivity index (χ4v) is 3.48. The highest BCUT2D eigenvalue weighted by molar-refractivity contribution is 14.1. The number of hydrogen-bond acceptors (Lipinski definition) is 4. The van der Waals surface area contributed by atoms with Crippen LogP contribution in [0.15, 0.2) is 36.7 Å². The number of methoxy groups -OCH3 is 1. The monoisotopic (exact) mass is 439 g/mol. The van der Waals surface area contributed by atoms with Crippen molar-refractivity contribution in [2.45, 2.75) is 6.54 Å². The Kier molecular flexibility index (Phi) is 3.61. The zero-order valence-electron chi connectivity index (χ0n) is 12.1. The first-order valence-electron chi connectivity index (χ1n) is 6.85. The highest BCUT2D eigenvalue weighted by Gasteiger charge is 2.17. The molecule has 0 aliphatic rings. The second-order valence-corrected chi connectivity index (χ2v) is 6.36. The molecule has 3 heterocycles. The summed E-state index contributed by atoms with van der Waals surface area (Å²) < 4.78 is 9.64. The first-order valence-corrected chi connectivity index (χ1v) is 8.30. The lowest BCUT2D eigenvalue weighted by Crippen LogP contribution is -2.04. The normalized spacial score (nSPS) is 11.4. The van der Waals surface area contributed by atoms with Crippen LogP contribution in [-0.2, 0) is 6.54 Å². The molecule has 6 nitrogen and oxygen atoms in total. The first kappa shape index (κ1) is 14.7. The zero-order valence-corrected chi connectivity index (χ0v) is 15.0. The Bertz CT molecular complexity index is 1010. The van der Waals surface area contributed by atoms with Gasteiger partial charge in [0.15, 0.2) is 11.3 Å². The molecule has 116 valence electrons. The van der Waals surface area contributed by atoms with Crippen LogP contribution in [-0.4, -0.2) is 31.3 Å². The smallest absolute Gasteiger partial charge is 0.210 e. The van der Waals surface area contributed by atoms with Crippen molar-refractivity contribution in [2.75, 3.05) is 7.11 Å². The van der Waals surface area contributed by atoms with Crippen LogP contribution in [0.25, 0.3) is 16.7 Å². The molecule has 8 heteroatoms. The van der Waals surface area contributed by atoms with Gasteiger partial charge >= 0.3 is 0 Å². The number of benzene rings is 1. The summed E-state index contributed by atoms with van der Waals surface area (Å²) >= 11 is 8.45. The Balaban J connectivity index is 1.85. The number of imidazole rings is 1. The minimum Gasteiger partial charge on any atom is -0.497 e. The molecule has 0 saturated carbocycles. The van der Waals surface area contributed by atoms with E-state index < -0.39 is 0 Å². The number of fused-ring (bicyclic) bond motifs is 3. The molecule has 0 saturated heterocycles. The highest BCUT2D eigenvalue weighted by atomic mass is 127. The van der Waals surface area contributed by atoms with E-state index in [-0.39, 0.29) is 0 Å². The lowest BCUT2D eigenvalue weighted by molar-refractivity contribution is 0.414. The number of hydrogen-bond donors (Lipinski definition) is 0. The zero-order chi connectivity index (χ0) is 16.0. The Morgan fingerprint density at radius 1 is 1.22 bits per heavy atom. The van der Waals surface area contributed by atoms with E-state index in [2.05, 4.69) is 37.7 Å². The van der Waals surface area contributed by atoms with E-state index in [1.165, 1.54) is 0 Å². The summed E-state index contributed by atoms with van der Waals surface area (Å²) in [6.07, 6.45) is 3.50. The first-order chi connectivity index (χ1) is 11.2. The average molecular weight is 440 g/mol. The van der Waals surface area contributed by atoms with Crippen LogP contribution in [0, 0.1) is 3.70 Å². The van der Waals surface area contributed by atoms with Crippen molar-refractivity contribution in [2.24, 2.45) is 0 Å². The van der Waals surface area contributed by atoms with Gasteiger partial charge in [-0.3, -0.25) is 4.40 Å². The minimum absolute atomic E-state index is 0.372. The summed E-state index contributed by atoms with van der Waals surface area (Å²) in [6.45, 7) is 0.601. The van der Waals surface area contributed by atoms with Gasteiger partial charge in [-0.1, -0.05) is 12.1 Å². The summed E-state index contributed by atoms with van der Waals surface area (Å²) in [5.74, 6) is 0.828. The van der Waals surface area contributed by atoms with Gasteiger partial charge in [-0.05, 0) is 51.9 Å². The van der Waals surface area contributed by atoms with Crippen molar-refractivity contribution >= 4 is 50.9 Å². The summed E-state index contributed by atoms with van der Waals surface area (Å²) in [6, 6.07) is 7.88. The highest BCUT2D eigenvalue weighted by Crippen LogP contribution is 2.26. The van der Waals surface area contributed by atoms with E-state index in [4.69, 9.17) is 16.3 Å². The van der Waals surface area contributed by atoms with Gasteiger partial charge in [0.2, 0.25) is 5.28 Å². The Hall–Kier alpha value is -1.87. The van der Waals surface area contributed by atoms with E-state index >= 15 is 0 Å². The second-order valence-electron chi connectivity index (χ2n) is 5.00. The van der Waals surface area contributed by atoms with Crippen molar-refractivity contribution < 1.29 is 4.74 Å². The van der Waals surface area contributed by atoms with Gasteiger partial charge in [0, 0.05) is 12.4 Å². The quantitative estimate of drug-likeness (QED) is 0.363. The maximum absolute atomic E-state index is 6.25. The molecule has 0 aliphatic carbocycles. The molecule has 3 aromatic heterocycles. The fraction of sp³-hybridized carbons (Fsp3) is 0.133. The summed E-state index contributed by atoms with van der Waals surface area (Å²) in [5.41, 5.74) is 2.60. The molecule has 0 amide bonds. The SMILES string of the molecule is COc1ccc(Cn2nc(I)c3c2nc(Cl)n2ccnc32)cc1. The van der Waals surface area contributed by atoms with Crippen LogP contribution in [0.4, 0.5) is 0 Å². The largest absolute Gasteiger partial charge is 0.497 e. The summed E-state index contributed by atoms with van der Waals surface area (Å²) in [5, 5.41) is 5.88. The maximum atomic E-state index is 6.25. The van der Waals surface area contributed by atoms with Gasteiger partial charge in [0.05, 0.1) is 19.0 Å². The maximum Gasteiger partial charge on any atom is 0.210 e. The number of halogens is 2. The molecule has 1 aromatic carbocycles. The van der Waals surface area contributed by atoms with Gasteiger partial charge < -0.3 is 4.74 Å². The fourth-order valence-electron chi connectivity index (χ4n) is 2.52. The predicted octanol–water partition coefficient (Wildman–Crippen LogP) is 3.39. The molecule has 0 aliphatic heterocycles. The summed E-state index contributed by atoms with van der Waals surface area (Å²) in [7, 11) is 1.65. The van der Waals surface area contributed by atoms with Crippen LogP contribution in [0.3, 0.4) is 0 Å². The molecule has 0 unspecified atom stereocenters. The van der Waals surface area contributed by atoms with E-state index in [0.717, 1.165) is 31.7 Å². The van der Waals surface area contributed by atoms with Crippen LogP contribution in [0.5, 0.6) is 5.75 Å². The Labute approximate surface area is 150 Å². The van der Waals surface area contributed by atoms with Gasteiger partial charge in [0.25, 0.3) is 0 Å². The van der Waals surface area contributed by atoms with E-state index in [1.54, 1.807) is 23.9 Å². The van der Waals surface area contributed by atoms with Crippen molar-refractivity contribution in [3.8, 4) is 5.75 Å². The Morgan fingerprint density at radius 3 is 2.74 bits per heavy atom. The molecular weight excluding hydrogens is 429 g/mol. The van der Waals surface area contributed by atoms with Crippen molar-refractivity contribution in [1.29, 1.82) is 0 Å². The van der Waals surface area contributed by atoms with Gasteiger partial charge in [-0.2, -0.15) is 10.1 Å². The van der Waals surface area contributed by atoms with Crippen LogP contribution >= 0.6 is 34.2 Å². The van der Waals surface area contributed by atoms with Crippen molar-refractivity contribution in [3.63, 3.8) is 0 Å². The van der Waals surface area contributed by atoms with E-state index in [1.807, 2.05) is 28.9 Å². The molecule has 0 bridgehead atoms. The van der Waals surface area contributed by atoms with E-state index in [9.17, 15) is 0 Å². The molecule has 0 atom stereocenters. The minimum atomic E-state index is 0.372. The molecule has 0 N–H and O–H groups in total. The Morgan fingerprint density at radius 2 is 2.00 bits per heavy atom. The lowest BCUT2D eigenvalue weighted by Gasteiger charge is -2.05. The molecule has 0 radical (unpaired) electrons. The van der Waals surface area contributed by atoms with Crippen LogP contribution < -0.4 is 4.74 Å². The average Bonchev–Trinajstić information content (AvgIpc) is 3.14. The lowest BCUT2D eigenvalue weighted by atomic mass is 10.2. The predicted molar refractivity (Wildman–Crippen MR) is 96.1 cm³/mol. The second kappa shape index (κ2) is 5.64. The standard InChI is InChI=1S/C15H11ClIN5O/c1-23-10-4-2-9(3-5-10)8-22-14-11(12(17)20-22)13-18-6-7-21(13)15(16)19-14/h2-7H,8H2,1H3. The topological polar surface area (TPSA) is 57.2 Å². The molecule has 4 aromatic rings. The van der Waals surface area contributed by atoms with E-state index in [0.29, 0.717) is 11.8 Å². The number of ether oxygens (including phenoxy) is 1. The van der Waals surface area contributed by atoms with Crippen molar-refractivity contribution in [1.82, 2.24) is 24.1 Å². The van der Waals surface area contributed by atoms with Crippen LogP contribution in [0.2, 0.25) is 5.28 Å². The molecule has 0 spiro atoms. The number of nitrogens with zero attached hydrogens (tertiary/aromatic N) is 5. The third-order valence-electron chi connectivity index (χ3n) is 3.64. The van der Waals surface area contributed by atoms with Crippen LogP contribution in [0.1, 0.15) is 5.56 Å². The number of rotatable bonds is 3. The molecule has 23 heavy (non-hydrogen) atoms. The molecular formula is C15H11ClIN5O. The summed E-state index contributed by atoms with van der Waals surface area (Å²) in [4.78, 5) is 8.86. The van der Waals surface area contributed by atoms with Gasteiger partial charge in [-0.25, -0.2) is 9.67 Å². The third kappa shape index (κ3) is 2.43. The molecule has 4 rings (SSSR count). The van der Waals surface area contributed by atoms with Gasteiger partial charge in [-0.15, -0.1) is 0 Å². The molecule has 0 fully saturated rings. The van der Waals surface area contributed by atoms with Crippen molar-refractivity contribution in [3.05, 3.63) is 51.2 Å². The van der Waals surface area contributed by atoms with Gasteiger partial charge in [0.1, 0.15) is 9.45 Å². The number of aromatic nitrogens is 5. The third-order valence-corrected chi connectivity index (χ3v) is 4.66.